The first-order valence-corrected chi connectivity index (χ1v) is 6.37. The van der Waals surface area contributed by atoms with Gasteiger partial charge in [0, 0.05) is 6.20 Å². The maximum absolute atomic E-state index is 5.69. The maximum atomic E-state index is 5.69. The zero-order valence-electron chi connectivity index (χ0n) is 10.6. The standard InChI is InChI=1S/C14H15N3OS/c1-2-18-12-8-4-3-7-11(12)17-14-10(13(15)19)6-5-9-16-14/h3-9H,2H2,1H3,(H2,15,19)(H,16,17). The summed E-state index contributed by atoms with van der Waals surface area (Å²) in [6.07, 6.45) is 1.69. The Bertz CT molecular complexity index is 586. The molecule has 0 unspecified atom stereocenters. The molecule has 0 bridgehead atoms. The van der Waals surface area contributed by atoms with Crippen LogP contribution in [0.5, 0.6) is 5.75 Å². The Kier molecular flexibility index (Phi) is 4.30. The highest BCUT2D eigenvalue weighted by Crippen LogP contribution is 2.27. The van der Waals surface area contributed by atoms with Crippen molar-refractivity contribution in [1.82, 2.24) is 4.98 Å². The zero-order valence-corrected chi connectivity index (χ0v) is 11.4. The molecule has 4 nitrogen and oxygen atoms in total. The number of pyridine rings is 1. The van der Waals surface area contributed by atoms with E-state index in [0.29, 0.717) is 23.0 Å². The van der Waals surface area contributed by atoms with Crippen LogP contribution in [0, 0.1) is 0 Å². The van der Waals surface area contributed by atoms with Crippen molar-refractivity contribution in [3.63, 3.8) is 0 Å². The molecule has 3 N–H and O–H groups in total. The monoisotopic (exact) mass is 273 g/mol. The highest BCUT2D eigenvalue weighted by atomic mass is 32.1. The Balaban J connectivity index is 2.34. The van der Waals surface area contributed by atoms with Gasteiger partial charge in [0.15, 0.2) is 0 Å². The lowest BCUT2D eigenvalue weighted by Gasteiger charge is -2.13. The van der Waals surface area contributed by atoms with E-state index in [1.54, 1.807) is 12.3 Å². The number of aromatic nitrogens is 1. The molecule has 0 fully saturated rings. The minimum absolute atomic E-state index is 0.310. The third-order valence-corrected chi connectivity index (χ3v) is 2.73. The van der Waals surface area contributed by atoms with Gasteiger partial charge in [-0.15, -0.1) is 0 Å². The molecular weight excluding hydrogens is 258 g/mol. The van der Waals surface area contributed by atoms with Crippen molar-refractivity contribution in [2.24, 2.45) is 5.73 Å². The molecule has 1 heterocycles. The van der Waals surface area contributed by atoms with Crippen LogP contribution < -0.4 is 15.8 Å². The molecule has 0 atom stereocenters. The third kappa shape index (κ3) is 3.20. The number of rotatable bonds is 5. The van der Waals surface area contributed by atoms with Crippen molar-refractivity contribution in [2.45, 2.75) is 6.92 Å². The summed E-state index contributed by atoms with van der Waals surface area (Å²) in [5.74, 6) is 1.40. The molecule has 0 spiro atoms. The Morgan fingerprint density at radius 2 is 2.11 bits per heavy atom. The quantitative estimate of drug-likeness (QED) is 0.820. The number of thiocarbonyl (C=S) groups is 1. The topological polar surface area (TPSA) is 60.2 Å². The van der Waals surface area contributed by atoms with E-state index < -0.39 is 0 Å². The number of nitrogens with two attached hydrogens (primary N) is 1. The predicted molar refractivity (Wildman–Crippen MR) is 81.0 cm³/mol. The summed E-state index contributed by atoms with van der Waals surface area (Å²) < 4.78 is 5.56. The molecule has 0 amide bonds. The zero-order chi connectivity index (χ0) is 13.7. The lowest BCUT2D eigenvalue weighted by molar-refractivity contribution is 0.342. The molecule has 2 aromatic rings. The molecule has 0 radical (unpaired) electrons. The van der Waals surface area contributed by atoms with E-state index in [0.717, 1.165) is 11.4 Å². The molecule has 0 aliphatic carbocycles. The van der Waals surface area contributed by atoms with Gasteiger partial charge in [-0.05, 0) is 31.2 Å². The van der Waals surface area contributed by atoms with E-state index in [1.807, 2.05) is 37.3 Å². The first-order chi connectivity index (χ1) is 9.22. The minimum atomic E-state index is 0.310. The van der Waals surface area contributed by atoms with Crippen LogP contribution in [0.15, 0.2) is 42.6 Å². The molecule has 0 saturated carbocycles. The van der Waals surface area contributed by atoms with Crippen LogP contribution in [0.1, 0.15) is 12.5 Å². The van der Waals surface area contributed by atoms with E-state index in [9.17, 15) is 0 Å². The first-order valence-electron chi connectivity index (χ1n) is 5.96. The fourth-order valence-corrected chi connectivity index (χ4v) is 1.85. The van der Waals surface area contributed by atoms with Crippen LogP contribution in [-0.2, 0) is 0 Å². The highest BCUT2D eigenvalue weighted by molar-refractivity contribution is 7.80. The summed E-state index contributed by atoms with van der Waals surface area (Å²) in [6, 6.07) is 11.3. The summed E-state index contributed by atoms with van der Waals surface area (Å²) in [4.78, 5) is 4.57. The third-order valence-electron chi connectivity index (χ3n) is 2.51. The molecule has 98 valence electrons. The van der Waals surface area contributed by atoms with Crippen molar-refractivity contribution in [3.05, 3.63) is 48.2 Å². The molecule has 1 aromatic heterocycles. The molecule has 1 aromatic carbocycles. The second-order valence-corrected chi connectivity index (χ2v) is 4.26. The van der Waals surface area contributed by atoms with E-state index in [-0.39, 0.29) is 0 Å². The smallest absolute Gasteiger partial charge is 0.142 e. The van der Waals surface area contributed by atoms with Crippen LogP contribution in [-0.4, -0.2) is 16.6 Å². The van der Waals surface area contributed by atoms with Gasteiger partial charge in [0.1, 0.15) is 16.6 Å². The maximum Gasteiger partial charge on any atom is 0.142 e. The average Bonchev–Trinajstić information content (AvgIpc) is 2.42. The SMILES string of the molecule is CCOc1ccccc1Nc1ncccc1C(N)=S. The molecule has 0 aliphatic heterocycles. The summed E-state index contributed by atoms with van der Waals surface area (Å²) in [7, 11) is 0. The normalized spacial score (nSPS) is 9.95. The second kappa shape index (κ2) is 6.15. The van der Waals surface area contributed by atoms with E-state index in [2.05, 4.69) is 10.3 Å². The van der Waals surface area contributed by atoms with E-state index >= 15 is 0 Å². The first kappa shape index (κ1) is 13.3. The van der Waals surface area contributed by atoms with Gasteiger partial charge in [-0.1, -0.05) is 24.4 Å². The van der Waals surface area contributed by atoms with Gasteiger partial charge in [0.2, 0.25) is 0 Å². The minimum Gasteiger partial charge on any atom is -0.492 e. The largest absolute Gasteiger partial charge is 0.492 e. The predicted octanol–water partition coefficient (Wildman–Crippen LogP) is 2.86. The summed E-state index contributed by atoms with van der Waals surface area (Å²) in [6.45, 7) is 2.54. The van der Waals surface area contributed by atoms with Gasteiger partial charge in [-0.2, -0.15) is 0 Å². The number of ether oxygens (including phenoxy) is 1. The van der Waals surface area contributed by atoms with Crippen molar-refractivity contribution in [2.75, 3.05) is 11.9 Å². The number of nitrogens with one attached hydrogen (secondary N) is 1. The van der Waals surface area contributed by atoms with Gasteiger partial charge in [0.25, 0.3) is 0 Å². The van der Waals surface area contributed by atoms with E-state index in [1.165, 1.54) is 0 Å². The highest BCUT2D eigenvalue weighted by Gasteiger charge is 2.08. The van der Waals surface area contributed by atoms with Crippen LogP contribution in [0.25, 0.3) is 0 Å². The second-order valence-electron chi connectivity index (χ2n) is 3.82. The van der Waals surface area contributed by atoms with Gasteiger partial charge in [-0.3, -0.25) is 0 Å². The fraction of sp³-hybridized carbons (Fsp3) is 0.143. The molecule has 0 saturated heterocycles. The fourth-order valence-electron chi connectivity index (χ4n) is 1.68. The van der Waals surface area contributed by atoms with Crippen LogP contribution in [0.4, 0.5) is 11.5 Å². The van der Waals surface area contributed by atoms with Gasteiger partial charge < -0.3 is 15.8 Å². The Hall–Kier alpha value is -2.14. The molecule has 5 heteroatoms. The van der Waals surface area contributed by atoms with Gasteiger partial charge in [0.05, 0.1) is 17.9 Å². The molecule has 2 rings (SSSR count). The van der Waals surface area contributed by atoms with Gasteiger partial charge in [-0.25, -0.2) is 4.98 Å². The average molecular weight is 273 g/mol. The summed E-state index contributed by atoms with van der Waals surface area (Å²) in [5.41, 5.74) is 7.23. The van der Waals surface area contributed by atoms with Crippen molar-refractivity contribution < 1.29 is 4.74 Å². The Morgan fingerprint density at radius 1 is 1.32 bits per heavy atom. The van der Waals surface area contributed by atoms with Crippen molar-refractivity contribution in [3.8, 4) is 5.75 Å². The number of anilines is 2. The number of hydrogen-bond acceptors (Lipinski definition) is 4. The van der Waals surface area contributed by atoms with Crippen molar-refractivity contribution in [1.29, 1.82) is 0 Å². The van der Waals surface area contributed by atoms with Crippen molar-refractivity contribution >= 4 is 28.7 Å². The lowest BCUT2D eigenvalue weighted by Crippen LogP contribution is -2.13. The lowest BCUT2D eigenvalue weighted by atomic mass is 10.2. The Labute approximate surface area is 117 Å². The number of benzene rings is 1. The number of para-hydroxylation sites is 2. The summed E-state index contributed by atoms with van der Waals surface area (Å²) in [5, 5.41) is 3.20. The molecule has 0 aliphatic rings. The van der Waals surface area contributed by atoms with Crippen LogP contribution in [0.2, 0.25) is 0 Å². The van der Waals surface area contributed by atoms with Crippen LogP contribution in [0.3, 0.4) is 0 Å². The molecular formula is C14H15N3OS. The van der Waals surface area contributed by atoms with Crippen LogP contribution >= 0.6 is 12.2 Å². The Morgan fingerprint density at radius 3 is 2.84 bits per heavy atom. The summed E-state index contributed by atoms with van der Waals surface area (Å²) >= 11 is 5.02. The molecule has 19 heavy (non-hydrogen) atoms. The number of nitrogens with zero attached hydrogens (tertiary/aromatic N) is 1. The van der Waals surface area contributed by atoms with Gasteiger partial charge >= 0.3 is 0 Å². The number of hydrogen-bond donors (Lipinski definition) is 2. The van der Waals surface area contributed by atoms with E-state index in [4.69, 9.17) is 22.7 Å².